The van der Waals surface area contributed by atoms with Gasteiger partial charge >= 0.3 is 5.97 Å². The third-order valence-corrected chi connectivity index (χ3v) is 5.36. The molecule has 0 saturated heterocycles. The Balaban J connectivity index is 3.11. The summed E-state index contributed by atoms with van der Waals surface area (Å²) in [4.78, 5) is 24.5. The summed E-state index contributed by atoms with van der Waals surface area (Å²) in [5.41, 5.74) is 0. The predicted octanol–water partition coefficient (Wildman–Crippen LogP) is 2.43. The number of allylic oxidation sites excluding steroid dienone is 3. The number of methoxy groups -OCH3 is 1. The molecule has 2 N–H and O–H groups in total. The molecule has 1 aliphatic rings. The monoisotopic (exact) mass is 382 g/mol. The molecule has 1 rings (SSSR count). The number of ether oxygens (including phenoxy) is 2. The summed E-state index contributed by atoms with van der Waals surface area (Å²) in [5.74, 6) is -1.11. The molecule has 1 aliphatic heterocycles. The Labute approximate surface area is 162 Å². The van der Waals surface area contributed by atoms with Crippen molar-refractivity contribution in [2.45, 2.75) is 71.4 Å². The first-order valence-electron chi connectivity index (χ1n) is 9.68. The summed E-state index contributed by atoms with van der Waals surface area (Å²) >= 11 is 0. The van der Waals surface area contributed by atoms with Crippen molar-refractivity contribution in [3.63, 3.8) is 0 Å². The molecule has 0 radical (unpaired) electrons. The maximum Gasteiger partial charge on any atom is 0.308 e. The van der Waals surface area contributed by atoms with Crippen LogP contribution in [0.4, 0.5) is 0 Å². The molecule has 0 fully saturated rings. The van der Waals surface area contributed by atoms with Gasteiger partial charge in [-0.3, -0.25) is 9.59 Å². The van der Waals surface area contributed by atoms with Crippen LogP contribution in [0.25, 0.3) is 0 Å². The second-order valence-corrected chi connectivity index (χ2v) is 7.47. The van der Waals surface area contributed by atoms with Crippen LogP contribution < -0.4 is 0 Å². The first-order chi connectivity index (χ1) is 12.7. The standard InChI is InChI=1S/C21H34O6/c1-6-16-11-14(3)17(22)10-8-7-9-13(2)15(4)27-19(24)12-18(23)21(26-5)20(16)25/h7-10,13-16,18,20-21,23,25H,6,11-12H2,1-5H3/b9-7+,10-8+/t13-,14+,15+,16-,18+,20-,21-/m0/s1. The van der Waals surface area contributed by atoms with Gasteiger partial charge in [-0.1, -0.05) is 45.4 Å². The van der Waals surface area contributed by atoms with E-state index in [1.165, 1.54) is 13.2 Å². The van der Waals surface area contributed by atoms with Gasteiger partial charge in [-0.25, -0.2) is 0 Å². The summed E-state index contributed by atoms with van der Waals surface area (Å²) in [5, 5.41) is 21.1. The van der Waals surface area contributed by atoms with Gasteiger partial charge in [-0.15, -0.1) is 0 Å². The van der Waals surface area contributed by atoms with Crippen molar-refractivity contribution < 1.29 is 29.3 Å². The van der Waals surface area contributed by atoms with E-state index >= 15 is 0 Å². The van der Waals surface area contributed by atoms with E-state index in [1.807, 2.05) is 26.8 Å². The summed E-state index contributed by atoms with van der Waals surface area (Å²) in [6.07, 6.45) is 4.18. The molecule has 1 heterocycles. The number of ketones is 1. The van der Waals surface area contributed by atoms with Crippen LogP contribution in [0, 0.1) is 17.8 Å². The Hall–Kier alpha value is -1.50. The second-order valence-electron chi connectivity index (χ2n) is 7.47. The molecule has 6 heteroatoms. The quantitative estimate of drug-likeness (QED) is 0.713. The van der Waals surface area contributed by atoms with Gasteiger partial charge in [0.05, 0.1) is 18.6 Å². The summed E-state index contributed by atoms with van der Waals surface area (Å²) in [6, 6.07) is 0. The highest BCUT2D eigenvalue weighted by atomic mass is 16.5. The van der Waals surface area contributed by atoms with E-state index in [-0.39, 0.29) is 36.1 Å². The lowest BCUT2D eigenvalue weighted by molar-refractivity contribution is -0.157. The van der Waals surface area contributed by atoms with Gasteiger partial charge in [0.1, 0.15) is 12.2 Å². The highest BCUT2D eigenvalue weighted by Crippen LogP contribution is 2.26. The van der Waals surface area contributed by atoms with E-state index in [0.717, 1.165) is 0 Å². The number of aliphatic hydroxyl groups excluding tert-OH is 2. The average Bonchev–Trinajstić information content (AvgIpc) is 2.61. The van der Waals surface area contributed by atoms with Crippen LogP contribution in [0.2, 0.25) is 0 Å². The van der Waals surface area contributed by atoms with E-state index in [9.17, 15) is 19.8 Å². The van der Waals surface area contributed by atoms with E-state index in [1.54, 1.807) is 19.1 Å². The van der Waals surface area contributed by atoms with Gasteiger partial charge in [0, 0.05) is 18.9 Å². The lowest BCUT2D eigenvalue weighted by Crippen LogP contribution is -2.45. The number of aliphatic hydroxyl groups is 2. The number of carbonyl (C=O) groups is 2. The molecule has 0 aliphatic carbocycles. The number of cyclic esters (lactones) is 1. The van der Waals surface area contributed by atoms with Crippen LogP contribution in [0.5, 0.6) is 0 Å². The zero-order valence-electron chi connectivity index (χ0n) is 17.0. The molecule has 6 nitrogen and oxygen atoms in total. The zero-order chi connectivity index (χ0) is 20.6. The molecule has 7 atom stereocenters. The third kappa shape index (κ3) is 7.20. The summed E-state index contributed by atoms with van der Waals surface area (Å²) < 4.78 is 10.7. The highest BCUT2D eigenvalue weighted by molar-refractivity contribution is 5.91. The number of esters is 1. The lowest BCUT2D eigenvalue weighted by Gasteiger charge is -2.32. The maximum absolute atomic E-state index is 12.3. The van der Waals surface area contributed by atoms with Gasteiger partial charge in [-0.05, 0) is 25.3 Å². The van der Waals surface area contributed by atoms with Crippen LogP contribution >= 0.6 is 0 Å². The number of hydrogen-bond acceptors (Lipinski definition) is 6. The van der Waals surface area contributed by atoms with Crippen LogP contribution in [-0.4, -0.2) is 53.5 Å². The van der Waals surface area contributed by atoms with Crippen molar-refractivity contribution in [3.8, 4) is 0 Å². The van der Waals surface area contributed by atoms with Crippen molar-refractivity contribution in [2.75, 3.05) is 7.11 Å². The van der Waals surface area contributed by atoms with Crippen LogP contribution in [0.3, 0.4) is 0 Å². The first-order valence-corrected chi connectivity index (χ1v) is 9.68. The van der Waals surface area contributed by atoms with Crippen molar-refractivity contribution in [2.24, 2.45) is 17.8 Å². The van der Waals surface area contributed by atoms with E-state index in [0.29, 0.717) is 12.8 Å². The topological polar surface area (TPSA) is 93.1 Å². The Morgan fingerprint density at radius 3 is 2.44 bits per heavy atom. The largest absolute Gasteiger partial charge is 0.462 e. The molecule has 0 spiro atoms. The van der Waals surface area contributed by atoms with Crippen LogP contribution in [-0.2, 0) is 19.1 Å². The molecule has 0 bridgehead atoms. The fourth-order valence-corrected chi connectivity index (χ4v) is 3.27. The third-order valence-electron chi connectivity index (χ3n) is 5.36. The van der Waals surface area contributed by atoms with Crippen molar-refractivity contribution >= 4 is 11.8 Å². The number of hydrogen-bond donors (Lipinski definition) is 2. The van der Waals surface area contributed by atoms with Gasteiger partial charge in [0.15, 0.2) is 5.78 Å². The molecule has 0 amide bonds. The van der Waals surface area contributed by atoms with Crippen molar-refractivity contribution in [3.05, 3.63) is 24.3 Å². The Morgan fingerprint density at radius 1 is 1.19 bits per heavy atom. The second kappa shape index (κ2) is 11.4. The van der Waals surface area contributed by atoms with Crippen LogP contribution in [0.1, 0.15) is 47.0 Å². The molecule has 0 aromatic rings. The molecule has 27 heavy (non-hydrogen) atoms. The minimum atomic E-state index is -1.19. The highest BCUT2D eigenvalue weighted by Gasteiger charge is 2.35. The molecule has 0 aromatic heterocycles. The van der Waals surface area contributed by atoms with E-state index in [4.69, 9.17) is 9.47 Å². The molecule has 0 saturated carbocycles. The zero-order valence-corrected chi connectivity index (χ0v) is 17.0. The average molecular weight is 382 g/mol. The fraction of sp³-hybridized carbons (Fsp3) is 0.714. The van der Waals surface area contributed by atoms with Crippen molar-refractivity contribution in [1.82, 2.24) is 0 Å². The SMILES string of the molecule is CC[C@H]1C[C@@H](C)C(=O)/C=C/C=C/[C@H](C)[C@@H](C)OC(=O)C[C@@H](O)[C@H](OC)[C@H]1O. The van der Waals surface area contributed by atoms with Crippen molar-refractivity contribution in [1.29, 1.82) is 0 Å². The normalized spacial score (nSPS) is 39.6. The molecule has 154 valence electrons. The minimum absolute atomic E-state index is 0.0148. The molecular weight excluding hydrogens is 348 g/mol. The van der Waals surface area contributed by atoms with E-state index < -0.39 is 24.3 Å². The Bertz CT molecular complexity index is 541. The Kier molecular flexibility index (Phi) is 9.91. The summed E-state index contributed by atoms with van der Waals surface area (Å²) in [7, 11) is 1.39. The van der Waals surface area contributed by atoms with Gasteiger partial charge in [-0.2, -0.15) is 0 Å². The van der Waals surface area contributed by atoms with E-state index in [2.05, 4.69) is 0 Å². The molecule has 0 unspecified atom stereocenters. The number of rotatable bonds is 2. The first kappa shape index (κ1) is 23.5. The lowest BCUT2D eigenvalue weighted by atomic mass is 9.83. The van der Waals surface area contributed by atoms with Crippen LogP contribution in [0.15, 0.2) is 24.3 Å². The predicted molar refractivity (Wildman–Crippen MR) is 103 cm³/mol. The number of carbonyl (C=O) groups excluding carboxylic acids is 2. The van der Waals surface area contributed by atoms with Gasteiger partial charge in [0.2, 0.25) is 0 Å². The Morgan fingerprint density at radius 2 is 1.85 bits per heavy atom. The fourth-order valence-electron chi connectivity index (χ4n) is 3.27. The van der Waals surface area contributed by atoms with Gasteiger partial charge in [0.25, 0.3) is 0 Å². The molecule has 0 aromatic carbocycles. The summed E-state index contributed by atoms with van der Waals surface area (Å²) in [6.45, 7) is 7.42. The molecular formula is C21H34O6. The maximum atomic E-state index is 12.3. The smallest absolute Gasteiger partial charge is 0.308 e. The van der Waals surface area contributed by atoms with Gasteiger partial charge < -0.3 is 19.7 Å². The minimum Gasteiger partial charge on any atom is -0.462 e.